The van der Waals surface area contributed by atoms with Crippen LogP contribution in [0.5, 0.6) is 0 Å². The van der Waals surface area contributed by atoms with Crippen LogP contribution in [-0.2, 0) is 4.74 Å². The Kier molecular flexibility index (Phi) is 5.29. The van der Waals surface area contributed by atoms with E-state index in [9.17, 15) is 0 Å². The van der Waals surface area contributed by atoms with E-state index >= 15 is 0 Å². The van der Waals surface area contributed by atoms with Crippen molar-refractivity contribution < 1.29 is 4.74 Å². The fraction of sp³-hybridized carbons (Fsp3) is 0.235. The van der Waals surface area contributed by atoms with E-state index in [1.807, 2.05) is 18.3 Å². The molecular formula is C17H18IN3O. The van der Waals surface area contributed by atoms with Gasteiger partial charge in [-0.3, -0.25) is 5.43 Å². The zero-order valence-electron chi connectivity index (χ0n) is 12.2. The highest BCUT2D eigenvalue weighted by molar-refractivity contribution is 14.1. The minimum Gasteiger partial charge on any atom is -0.378 e. The van der Waals surface area contributed by atoms with Crippen molar-refractivity contribution in [1.29, 1.82) is 0 Å². The first-order valence-electron chi connectivity index (χ1n) is 7.29. The Morgan fingerprint density at radius 1 is 1.00 bits per heavy atom. The average Bonchev–Trinajstić information content (AvgIpc) is 2.58. The van der Waals surface area contributed by atoms with Crippen molar-refractivity contribution in [3.63, 3.8) is 0 Å². The molecule has 0 aliphatic carbocycles. The second-order valence-corrected chi connectivity index (χ2v) is 6.31. The van der Waals surface area contributed by atoms with Crippen LogP contribution in [0, 0.1) is 3.57 Å². The van der Waals surface area contributed by atoms with Gasteiger partial charge in [0.15, 0.2) is 0 Å². The van der Waals surface area contributed by atoms with E-state index < -0.39 is 0 Å². The van der Waals surface area contributed by atoms with Gasteiger partial charge in [-0.1, -0.05) is 12.1 Å². The number of morpholine rings is 1. The standard InChI is InChI=1S/C17H18IN3O/c18-15-3-5-16(6-4-15)20-19-13-14-1-7-17(8-2-14)21-9-11-22-12-10-21/h1-8,13,20H,9-12H2/b19-13-. The predicted molar refractivity (Wildman–Crippen MR) is 99.8 cm³/mol. The van der Waals surface area contributed by atoms with Gasteiger partial charge in [0.25, 0.3) is 0 Å². The predicted octanol–water partition coefficient (Wildman–Crippen LogP) is 3.57. The molecule has 1 aliphatic heterocycles. The zero-order valence-corrected chi connectivity index (χ0v) is 14.4. The number of rotatable bonds is 4. The summed E-state index contributed by atoms with van der Waals surface area (Å²) in [6, 6.07) is 16.6. The lowest BCUT2D eigenvalue weighted by molar-refractivity contribution is 0.122. The van der Waals surface area contributed by atoms with E-state index in [2.05, 4.69) is 74.4 Å². The van der Waals surface area contributed by atoms with Crippen LogP contribution in [0.4, 0.5) is 11.4 Å². The van der Waals surface area contributed by atoms with Crippen LogP contribution in [0.1, 0.15) is 5.56 Å². The third-order valence-electron chi connectivity index (χ3n) is 3.52. The maximum Gasteiger partial charge on any atom is 0.0642 e. The maximum atomic E-state index is 5.38. The summed E-state index contributed by atoms with van der Waals surface area (Å²) >= 11 is 2.29. The molecule has 0 aromatic heterocycles. The molecule has 0 unspecified atom stereocenters. The van der Waals surface area contributed by atoms with Gasteiger partial charge in [-0.05, 0) is 64.6 Å². The summed E-state index contributed by atoms with van der Waals surface area (Å²) in [6.07, 6.45) is 1.83. The number of hydrogen-bond acceptors (Lipinski definition) is 4. The highest BCUT2D eigenvalue weighted by atomic mass is 127. The summed E-state index contributed by atoms with van der Waals surface area (Å²) in [5.74, 6) is 0. The van der Waals surface area contributed by atoms with Gasteiger partial charge >= 0.3 is 0 Å². The third-order valence-corrected chi connectivity index (χ3v) is 4.24. The molecule has 1 saturated heterocycles. The summed E-state index contributed by atoms with van der Waals surface area (Å²) in [4.78, 5) is 2.34. The van der Waals surface area contributed by atoms with Gasteiger partial charge in [-0.15, -0.1) is 0 Å². The van der Waals surface area contributed by atoms with Crippen molar-refractivity contribution in [2.24, 2.45) is 5.10 Å². The molecule has 22 heavy (non-hydrogen) atoms. The molecular weight excluding hydrogens is 389 g/mol. The van der Waals surface area contributed by atoms with Crippen LogP contribution < -0.4 is 10.3 Å². The monoisotopic (exact) mass is 407 g/mol. The molecule has 1 heterocycles. The summed E-state index contributed by atoms with van der Waals surface area (Å²) in [5, 5.41) is 4.27. The lowest BCUT2D eigenvalue weighted by atomic mass is 10.2. The van der Waals surface area contributed by atoms with Gasteiger partial charge in [0.05, 0.1) is 25.1 Å². The largest absolute Gasteiger partial charge is 0.378 e. The van der Waals surface area contributed by atoms with Crippen LogP contribution in [0.3, 0.4) is 0 Å². The molecule has 4 nitrogen and oxygen atoms in total. The molecule has 5 heteroatoms. The molecule has 0 saturated carbocycles. The van der Waals surface area contributed by atoms with Crippen LogP contribution in [0.2, 0.25) is 0 Å². The molecule has 2 aromatic carbocycles. The minimum absolute atomic E-state index is 0.809. The highest BCUT2D eigenvalue weighted by Gasteiger charge is 2.10. The SMILES string of the molecule is Ic1ccc(N/N=C\c2ccc(N3CCOCC3)cc2)cc1. The fourth-order valence-corrected chi connectivity index (χ4v) is 2.66. The van der Waals surface area contributed by atoms with E-state index in [0.29, 0.717) is 0 Å². The van der Waals surface area contributed by atoms with Crippen molar-refractivity contribution in [3.8, 4) is 0 Å². The molecule has 2 aromatic rings. The highest BCUT2D eigenvalue weighted by Crippen LogP contribution is 2.16. The Balaban J connectivity index is 1.58. The van der Waals surface area contributed by atoms with Crippen molar-refractivity contribution >= 4 is 40.2 Å². The molecule has 114 valence electrons. The molecule has 0 amide bonds. The Hall–Kier alpha value is -1.60. The van der Waals surface area contributed by atoms with Gasteiger partial charge in [0.1, 0.15) is 0 Å². The van der Waals surface area contributed by atoms with Gasteiger partial charge in [-0.25, -0.2) is 0 Å². The van der Waals surface area contributed by atoms with Gasteiger partial charge in [0.2, 0.25) is 0 Å². The summed E-state index contributed by atoms with van der Waals surface area (Å²) in [6.45, 7) is 3.54. The summed E-state index contributed by atoms with van der Waals surface area (Å²) in [5.41, 5.74) is 6.35. The van der Waals surface area contributed by atoms with Gasteiger partial charge in [0, 0.05) is 22.3 Å². The minimum atomic E-state index is 0.809. The first-order chi connectivity index (χ1) is 10.8. The first-order valence-corrected chi connectivity index (χ1v) is 8.36. The van der Waals surface area contributed by atoms with Crippen molar-refractivity contribution in [2.45, 2.75) is 0 Å². The normalized spacial score (nSPS) is 15.2. The van der Waals surface area contributed by atoms with Crippen molar-refractivity contribution in [2.75, 3.05) is 36.6 Å². The topological polar surface area (TPSA) is 36.9 Å². The molecule has 3 rings (SSSR count). The number of nitrogens with one attached hydrogen (secondary N) is 1. The van der Waals surface area contributed by atoms with Crippen LogP contribution in [0.15, 0.2) is 53.6 Å². The van der Waals surface area contributed by atoms with Gasteiger partial charge < -0.3 is 9.64 Å². The molecule has 1 fully saturated rings. The quantitative estimate of drug-likeness (QED) is 0.479. The van der Waals surface area contributed by atoms with E-state index in [-0.39, 0.29) is 0 Å². The zero-order chi connectivity index (χ0) is 15.2. The number of hydrogen-bond donors (Lipinski definition) is 1. The van der Waals surface area contributed by atoms with E-state index in [0.717, 1.165) is 37.6 Å². The number of nitrogens with zero attached hydrogens (tertiary/aromatic N) is 2. The molecule has 0 spiro atoms. The third kappa shape index (κ3) is 4.20. The molecule has 0 radical (unpaired) electrons. The molecule has 0 bridgehead atoms. The first kappa shape index (κ1) is 15.3. The lowest BCUT2D eigenvalue weighted by Crippen LogP contribution is -2.36. The molecule has 1 N–H and O–H groups in total. The van der Waals surface area contributed by atoms with Crippen LogP contribution in [-0.4, -0.2) is 32.5 Å². The molecule has 1 aliphatic rings. The van der Waals surface area contributed by atoms with Crippen molar-refractivity contribution in [3.05, 3.63) is 57.7 Å². The Morgan fingerprint density at radius 3 is 2.36 bits per heavy atom. The summed E-state index contributed by atoms with van der Waals surface area (Å²) in [7, 11) is 0. The summed E-state index contributed by atoms with van der Waals surface area (Å²) < 4.78 is 6.59. The molecule has 0 atom stereocenters. The number of anilines is 2. The smallest absolute Gasteiger partial charge is 0.0642 e. The number of halogens is 1. The van der Waals surface area contributed by atoms with Crippen molar-refractivity contribution in [1.82, 2.24) is 0 Å². The fourth-order valence-electron chi connectivity index (χ4n) is 2.30. The van der Waals surface area contributed by atoms with E-state index in [4.69, 9.17) is 4.74 Å². The second-order valence-electron chi connectivity index (χ2n) is 5.07. The van der Waals surface area contributed by atoms with Crippen LogP contribution >= 0.6 is 22.6 Å². The number of ether oxygens (including phenoxy) is 1. The Bertz CT molecular complexity index is 619. The Labute approximate surface area is 144 Å². The number of benzene rings is 2. The second kappa shape index (κ2) is 7.60. The maximum absolute atomic E-state index is 5.38. The van der Waals surface area contributed by atoms with Crippen LogP contribution in [0.25, 0.3) is 0 Å². The van der Waals surface area contributed by atoms with E-state index in [1.165, 1.54) is 9.26 Å². The average molecular weight is 407 g/mol. The van der Waals surface area contributed by atoms with E-state index in [1.54, 1.807) is 0 Å². The Morgan fingerprint density at radius 2 is 1.68 bits per heavy atom. The lowest BCUT2D eigenvalue weighted by Gasteiger charge is -2.28. The van der Waals surface area contributed by atoms with Gasteiger partial charge in [-0.2, -0.15) is 5.10 Å². The number of hydrazone groups is 1.